The third kappa shape index (κ3) is 3.48. The van der Waals surface area contributed by atoms with E-state index >= 15 is 0 Å². The van der Waals surface area contributed by atoms with Crippen LogP contribution in [0.4, 0.5) is 5.82 Å². The molecule has 2 aromatic heterocycles. The summed E-state index contributed by atoms with van der Waals surface area (Å²) in [5.41, 5.74) is 1.42. The lowest BCUT2D eigenvalue weighted by Gasteiger charge is -2.34. The zero-order chi connectivity index (χ0) is 16.2. The first-order valence-electron chi connectivity index (χ1n) is 7.86. The van der Waals surface area contributed by atoms with Crippen LogP contribution >= 0.6 is 0 Å². The molecule has 3 heterocycles. The number of nitriles is 1. The van der Waals surface area contributed by atoms with Crippen LogP contribution in [0.25, 0.3) is 0 Å². The summed E-state index contributed by atoms with van der Waals surface area (Å²) in [5, 5.41) is 13.1. The van der Waals surface area contributed by atoms with Gasteiger partial charge in [0.15, 0.2) is 5.82 Å². The highest BCUT2D eigenvalue weighted by atomic mass is 16.5. The van der Waals surface area contributed by atoms with Crippen LogP contribution in [0.5, 0.6) is 0 Å². The Labute approximate surface area is 135 Å². The van der Waals surface area contributed by atoms with Gasteiger partial charge >= 0.3 is 0 Å². The molecule has 1 aliphatic rings. The summed E-state index contributed by atoms with van der Waals surface area (Å²) in [7, 11) is 0. The van der Waals surface area contributed by atoms with E-state index < -0.39 is 0 Å². The third-order valence-corrected chi connectivity index (χ3v) is 4.06. The molecule has 120 valence electrons. The van der Waals surface area contributed by atoms with Crippen molar-refractivity contribution in [3.05, 3.63) is 35.1 Å². The average molecular weight is 312 g/mol. The van der Waals surface area contributed by atoms with Crippen molar-refractivity contribution >= 4 is 5.82 Å². The van der Waals surface area contributed by atoms with E-state index in [2.05, 4.69) is 31.0 Å². The fraction of sp³-hybridized carbons (Fsp3) is 0.500. The minimum atomic E-state index is 0.504. The molecule has 0 atom stereocenters. The second kappa shape index (κ2) is 6.75. The second-order valence-corrected chi connectivity index (χ2v) is 5.67. The van der Waals surface area contributed by atoms with Crippen molar-refractivity contribution in [3.8, 4) is 6.07 Å². The summed E-state index contributed by atoms with van der Waals surface area (Å²) in [4.78, 5) is 13.3. The highest BCUT2D eigenvalue weighted by molar-refractivity contribution is 5.45. The van der Waals surface area contributed by atoms with Crippen molar-refractivity contribution in [2.45, 2.75) is 26.8 Å². The first kappa shape index (κ1) is 15.4. The van der Waals surface area contributed by atoms with E-state index in [1.807, 2.05) is 26.0 Å². The molecule has 1 saturated heterocycles. The molecule has 1 aliphatic heterocycles. The lowest BCUT2D eigenvalue weighted by Crippen LogP contribution is -2.46. The van der Waals surface area contributed by atoms with E-state index in [1.54, 1.807) is 0 Å². The molecule has 0 unspecified atom stereocenters. The summed E-state index contributed by atoms with van der Waals surface area (Å²) < 4.78 is 5.14. The molecule has 0 aromatic carbocycles. The fourth-order valence-electron chi connectivity index (χ4n) is 2.64. The maximum absolute atomic E-state index is 9.11. The molecule has 0 spiro atoms. The predicted octanol–water partition coefficient (Wildman–Crippen LogP) is 1.53. The van der Waals surface area contributed by atoms with Crippen molar-refractivity contribution in [2.75, 3.05) is 31.1 Å². The zero-order valence-corrected chi connectivity index (χ0v) is 13.5. The Hall–Kier alpha value is -2.46. The highest BCUT2D eigenvalue weighted by Gasteiger charge is 2.20. The Morgan fingerprint density at radius 1 is 1.22 bits per heavy atom. The number of pyridine rings is 1. The van der Waals surface area contributed by atoms with Crippen LogP contribution < -0.4 is 4.90 Å². The highest BCUT2D eigenvalue weighted by Crippen LogP contribution is 2.17. The Morgan fingerprint density at radius 3 is 2.65 bits per heavy atom. The number of aryl methyl sites for hydroxylation is 2. The summed E-state index contributed by atoms with van der Waals surface area (Å²) >= 11 is 0. The van der Waals surface area contributed by atoms with E-state index in [1.165, 1.54) is 0 Å². The van der Waals surface area contributed by atoms with Gasteiger partial charge < -0.3 is 9.42 Å². The molecule has 2 aromatic rings. The Kier molecular flexibility index (Phi) is 4.53. The first-order chi connectivity index (χ1) is 11.2. The Morgan fingerprint density at radius 2 is 2.00 bits per heavy atom. The fourth-order valence-corrected chi connectivity index (χ4v) is 2.64. The molecule has 0 N–H and O–H groups in total. The summed E-state index contributed by atoms with van der Waals surface area (Å²) in [6, 6.07) is 6.09. The van der Waals surface area contributed by atoms with Crippen molar-refractivity contribution in [1.29, 1.82) is 5.26 Å². The molecule has 0 aliphatic carbocycles. The summed E-state index contributed by atoms with van der Waals surface area (Å²) in [6.07, 6.45) is 0.765. The monoisotopic (exact) mass is 312 g/mol. The van der Waals surface area contributed by atoms with Crippen molar-refractivity contribution < 1.29 is 4.52 Å². The van der Waals surface area contributed by atoms with Gasteiger partial charge in [-0.05, 0) is 18.6 Å². The predicted molar refractivity (Wildman–Crippen MR) is 84.9 cm³/mol. The summed E-state index contributed by atoms with van der Waals surface area (Å²) in [6.45, 7) is 8.19. The van der Waals surface area contributed by atoms with Gasteiger partial charge in [-0.15, -0.1) is 0 Å². The van der Waals surface area contributed by atoms with Crippen LogP contribution in [0, 0.1) is 18.3 Å². The van der Waals surface area contributed by atoms with E-state index in [9.17, 15) is 0 Å². The van der Waals surface area contributed by atoms with Crippen molar-refractivity contribution in [1.82, 2.24) is 20.0 Å². The van der Waals surface area contributed by atoms with Crippen LogP contribution in [0.1, 0.15) is 29.9 Å². The topological polar surface area (TPSA) is 82.1 Å². The molecule has 0 bridgehead atoms. The van der Waals surface area contributed by atoms with Gasteiger partial charge in [-0.2, -0.15) is 10.2 Å². The number of hydrogen-bond donors (Lipinski definition) is 0. The third-order valence-electron chi connectivity index (χ3n) is 4.06. The molecular formula is C16H20N6O. The number of rotatable bonds is 4. The smallest absolute Gasteiger partial charge is 0.226 e. The first-order valence-corrected chi connectivity index (χ1v) is 7.86. The van der Waals surface area contributed by atoms with Gasteiger partial charge in [0, 0.05) is 32.6 Å². The SMILES string of the molecule is CCc1nc(CN2CCN(c3ccc(C)c(C#N)n3)CC2)no1. The minimum Gasteiger partial charge on any atom is -0.354 e. The molecule has 3 rings (SSSR count). The molecule has 23 heavy (non-hydrogen) atoms. The van der Waals surface area contributed by atoms with Crippen LogP contribution in [0.3, 0.4) is 0 Å². The van der Waals surface area contributed by atoms with Crippen LogP contribution in [-0.4, -0.2) is 46.2 Å². The molecular weight excluding hydrogens is 292 g/mol. The molecule has 1 fully saturated rings. The number of hydrogen-bond acceptors (Lipinski definition) is 7. The lowest BCUT2D eigenvalue weighted by atomic mass is 10.2. The number of aromatic nitrogens is 3. The van der Waals surface area contributed by atoms with E-state index in [0.29, 0.717) is 18.1 Å². The normalized spacial score (nSPS) is 15.6. The lowest BCUT2D eigenvalue weighted by molar-refractivity contribution is 0.239. The van der Waals surface area contributed by atoms with Gasteiger partial charge in [0.2, 0.25) is 5.89 Å². The standard InChI is InChI=1S/C16H20N6O/c1-3-16-19-14(20-23-16)11-21-6-8-22(9-7-21)15-5-4-12(2)13(10-17)18-15/h4-5H,3,6-9,11H2,1-2H3. The number of nitrogens with zero attached hydrogens (tertiary/aromatic N) is 6. The van der Waals surface area contributed by atoms with Crippen LogP contribution in [0.15, 0.2) is 16.7 Å². The quantitative estimate of drug-likeness (QED) is 0.846. The molecule has 0 amide bonds. The van der Waals surface area contributed by atoms with Crippen LogP contribution in [0.2, 0.25) is 0 Å². The Bertz CT molecular complexity index is 712. The second-order valence-electron chi connectivity index (χ2n) is 5.67. The number of piperazine rings is 1. The van der Waals surface area contributed by atoms with Crippen LogP contribution in [-0.2, 0) is 13.0 Å². The summed E-state index contributed by atoms with van der Waals surface area (Å²) in [5.74, 6) is 2.31. The van der Waals surface area contributed by atoms with Crippen molar-refractivity contribution in [2.24, 2.45) is 0 Å². The van der Waals surface area contributed by atoms with Gasteiger partial charge in [-0.25, -0.2) is 4.98 Å². The van der Waals surface area contributed by atoms with Gasteiger partial charge in [-0.3, -0.25) is 4.90 Å². The minimum absolute atomic E-state index is 0.504. The number of anilines is 1. The van der Waals surface area contributed by atoms with Crippen molar-refractivity contribution in [3.63, 3.8) is 0 Å². The van der Waals surface area contributed by atoms with E-state index in [0.717, 1.165) is 49.8 Å². The van der Waals surface area contributed by atoms with E-state index in [4.69, 9.17) is 9.78 Å². The molecule has 7 nitrogen and oxygen atoms in total. The maximum atomic E-state index is 9.11. The average Bonchev–Trinajstić information content (AvgIpc) is 3.04. The molecule has 7 heteroatoms. The van der Waals surface area contributed by atoms with E-state index in [-0.39, 0.29) is 0 Å². The Balaban J connectivity index is 1.59. The zero-order valence-electron chi connectivity index (χ0n) is 13.5. The van der Waals surface area contributed by atoms with Gasteiger partial charge in [-0.1, -0.05) is 18.1 Å². The van der Waals surface area contributed by atoms with Gasteiger partial charge in [0.1, 0.15) is 17.6 Å². The van der Waals surface area contributed by atoms with Gasteiger partial charge in [0.25, 0.3) is 0 Å². The molecule has 0 radical (unpaired) electrons. The maximum Gasteiger partial charge on any atom is 0.226 e. The van der Waals surface area contributed by atoms with Gasteiger partial charge in [0.05, 0.1) is 6.54 Å². The molecule has 0 saturated carbocycles. The largest absolute Gasteiger partial charge is 0.354 e.